The molecule has 4 rings (SSSR count). The minimum Gasteiger partial charge on any atom is -0.463 e. The molecule has 168 valence electrons. The summed E-state index contributed by atoms with van der Waals surface area (Å²) in [7, 11) is 0. The molecule has 1 aliphatic carbocycles. The molecular formula is C24H29N5O3. The monoisotopic (exact) mass is 435 g/mol. The lowest BCUT2D eigenvalue weighted by molar-refractivity contribution is -0.147. The zero-order chi connectivity index (χ0) is 22.5. The molecular weight excluding hydrogens is 406 g/mol. The number of ether oxygens (including phenoxy) is 1. The van der Waals surface area contributed by atoms with Gasteiger partial charge in [-0.3, -0.25) is 9.59 Å². The Morgan fingerprint density at radius 2 is 1.97 bits per heavy atom. The van der Waals surface area contributed by atoms with E-state index >= 15 is 0 Å². The molecule has 8 heteroatoms. The molecule has 2 heterocycles. The van der Waals surface area contributed by atoms with Gasteiger partial charge in [0, 0.05) is 30.5 Å². The molecule has 0 saturated heterocycles. The number of nitrogens with zero attached hydrogens (tertiary/aromatic N) is 4. The number of benzene rings is 1. The van der Waals surface area contributed by atoms with E-state index in [0.717, 1.165) is 74.0 Å². The number of anilines is 1. The fraction of sp³-hybridized carbons (Fsp3) is 0.458. The third-order valence-electron chi connectivity index (χ3n) is 5.92. The number of rotatable bonds is 8. The number of unbranched alkanes of at least 4 members (excludes halogenated alkanes) is 1. The molecule has 0 bridgehead atoms. The van der Waals surface area contributed by atoms with Crippen LogP contribution in [-0.4, -0.2) is 44.5 Å². The number of nitrogens with one attached hydrogen (secondary N) is 1. The van der Waals surface area contributed by atoms with E-state index in [1.165, 1.54) is 6.92 Å². The van der Waals surface area contributed by atoms with Crippen molar-refractivity contribution in [1.82, 2.24) is 19.6 Å². The summed E-state index contributed by atoms with van der Waals surface area (Å²) in [5.74, 6) is 1.48. The van der Waals surface area contributed by atoms with E-state index in [-0.39, 0.29) is 18.0 Å². The maximum Gasteiger partial charge on any atom is 0.302 e. The Morgan fingerprint density at radius 3 is 2.62 bits per heavy atom. The molecule has 0 aliphatic heterocycles. The number of carbonyl (C=O) groups is 2. The molecule has 1 N–H and O–H groups in total. The van der Waals surface area contributed by atoms with E-state index in [1.54, 1.807) is 12.1 Å². The third kappa shape index (κ3) is 4.79. The number of aromatic nitrogens is 4. The first-order valence-electron chi connectivity index (χ1n) is 11.3. The Morgan fingerprint density at radius 1 is 1.22 bits per heavy atom. The Kier molecular flexibility index (Phi) is 6.78. The molecule has 32 heavy (non-hydrogen) atoms. The van der Waals surface area contributed by atoms with Gasteiger partial charge in [-0.15, -0.1) is 5.10 Å². The van der Waals surface area contributed by atoms with Gasteiger partial charge in [-0.2, -0.15) is 0 Å². The van der Waals surface area contributed by atoms with E-state index in [0.29, 0.717) is 11.5 Å². The maximum absolute atomic E-state index is 11.3. The van der Waals surface area contributed by atoms with Crippen LogP contribution >= 0.6 is 0 Å². The van der Waals surface area contributed by atoms with Crippen molar-refractivity contribution in [3.63, 3.8) is 0 Å². The van der Waals surface area contributed by atoms with Crippen LogP contribution < -0.4 is 5.32 Å². The van der Waals surface area contributed by atoms with Crippen molar-refractivity contribution in [2.24, 2.45) is 0 Å². The highest BCUT2D eigenvalue weighted by Crippen LogP contribution is 2.36. The van der Waals surface area contributed by atoms with E-state index < -0.39 is 0 Å². The minimum atomic E-state index is -0.226. The molecule has 2 aromatic heterocycles. The second-order valence-corrected chi connectivity index (χ2v) is 8.30. The van der Waals surface area contributed by atoms with Gasteiger partial charge in [-0.05, 0) is 32.1 Å². The van der Waals surface area contributed by atoms with Crippen LogP contribution in [0.15, 0.2) is 30.5 Å². The number of imidazole rings is 1. The third-order valence-corrected chi connectivity index (χ3v) is 5.92. The van der Waals surface area contributed by atoms with Gasteiger partial charge in [0.05, 0.1) is 11.9 Å². The van der Waals surface area contributed by atoms with Gasteiger partial charge < -0.3 is 10.1 Å². The zero-order valence-corrected chi connectivity index (χ0v) is 18.6. The first kappa shape index (κ1) is 21.9. The quantitative estimate of drug-likeness (QED) is 0.318. The molecule has 0 spiro atoms. The molecule has 1 aromatic carbocycles. The average Bonchev–Trinajstić information content (AvgIpc) is 3.18. The lowest BCUT2D eigenvalue weighted by atomic mass is 9.87. The lowest BCUT2D eigenvalue weighted by Crippen LogP contribution is -2.23. The van der Waals surface area contributed by atoms with Gasteiger partial charge in [0.15, 0.2) is 0 Å². The van der Waals surface area contributed by atoms with E-state index in [9.17, 15) is 9.59 Å². The first-order chi connectivity index (χ1) is 15.6. The highest BCUT2D eigenvalue weighted by molar-refractivity contribution is 5.80. The van der Waals surface area contributed by atoms with Gasteiger partial charge in [0.1, 0.15) is 23.7 Å². The summed E-state index contributed by atoms with van der Waals surface area (Å²) >= 11 is 0. The molecule has 0 unspecified atom stereocenters. The van der Waals surface area contributed by atoms with E-state index in [4.69, 9.17) is 14.8 Å². The molecule has 0 radical (unpaired) electrons. The number of hydrogen-bond acceptors (Lipinski definition) is 7. The molecule has 8 nitrogen and oxygen atoms in total. The summed E-state index contributed by atoms with van der Waals surface area (Å²) in [5, 5.41) is 8.05. The summed E-state index contributed by atoms with van der Waals surface area (Å²) in [6, 6.07) is 7.39. The number of fused-ring (bicyclic) bond motifs is 1. The predicted octanol–water partition coefficient (Wildman–Crippen LogP) is 4.41. The second-order valence-electron chi connectivity index (χ2n) is 8.30. The van der Waals surface area contributed by atoms with E-state index in [1.807, 2.05) is 22.8 Å². The summed E-state index contributed by atoms with van der Waals surface area (Å²) in [6.45, 7) is 4.42. The van der Waals surface area contributed by atoms with Gasteiger partial charge in [-0.25, -0.2) is 14.5 Å². The Hall–Kier alpha value is -3.29. The second kappa shape index (κ2) is 9.89. The highest BCUT2D eigenvalue weighted by atomic mass is 16.5. The maximum atomic E-state index is 11.3. The van der Waals surface area contributed by atoms with Crippen LogP contribution in [0.5, 0.6) is 0 Å². The molecule has 1 saturated carbocycles. The largest absolute Gasteiger partial charge is 0.463 e. The van der Waals surface area contributed by atoms with Crippen molar-refractivity contribution in [3.8, 4) is 11.3 Å². The Labute approximate surface area is 187 Å². The average molecular weight is 436 g/mol. The van der Waals surface area contributed by atoms with Gasteiger partial charge in [-0.1, -0.05) is 37.6 Å². The van der Waals surface area contributed by atoms with Crippen LogP contribution in [0.2, 0.25) is 0 Å². The van der Waals surface area contributed by atoms with Crippen LogP contribution in [0.3, 0.4) is 0 Å². The standard InChI is InChI=1S/C24H29N5O3/c1-3-4-13-25-24-26-14-21-22(18-7-5-17(15-30)6-8-18)27-23(29(21)28-24)19-9-11-20(12-10-19)32-16(2)31/h5-8,14-15,19-20H,3-4,9-13H2,1-2H3,(H,25,28). The van der Waals surface area contributed by atoms with Crippen molar-refractivity contribution >= 4 is 23.7 Å². The van der Waals surface area contributed by atoms with Crippen LogP contribution in [0.25, 0.3) is 16.8 Å². The summed E-state index contributed by atoms with van der Waals surface area (Å²) in [6.07, 6.45) is 8.15. The highest BCUT2D eigenvalue weighted by Gasteiger charge is 2.29. The van der Waals surface area contributed by atoms with Crippen molar-refractivity contribution in [2.45, 2.75) is 64.4 Å². The fourth-order valence-electron chi connectivity index (χ4n) is 4.23. The summed E-state index contributed by atoms with van der Waals surface area (Å²) in [5.41, 5.74) is 3.19. The van der Waals surface area contributed by atoms with Crippen LogP contribution in [0.4, 0.5) is 5.95 Å². The number of carbonyl (C=O) groups excluding carboxylic acids is 2. The number of esters is 1. The molecule has 1 aliphatic rings. The smallest absolute Gasteiger partial charge is 0.302 e. The molecule has 0 amide bonds. The summed E-state index contributed by atoms with van der Waals surface area (Å²) in [4.78, 5) is 31.8. The number of aldehydes is 1. The normalized spacial score (nSPS) is 18.4. The fourth-order valence-corrected chi connectivity index (χ4v) is 4.23. The van der Waals surface area contributed by atoms with Crippen molar-refractivity contribution < 1.29 is 14.3 Å². The number of hydrogen-bond donors (Lipinski definition) is 1. The molecule has 1 fully saturated rings. The molecule has 0 atom stereocenters. The molecule has 3 aromatic rings. The van der Waals surface area contributed by atoms with Crippen LogP contribution in [-0.2, 0) is 9.53 Å². The Bertz CT molecular complexity index is 1080. The summed E-state index contributed by atoms with van der Waals surface area (Å²) < 4.78 is 7.31. The zero-order valence-electron chi connectivity index (χ0n) is 18.6. The van der Waals surface area contributed by atoms with Gasteiger partial charge >= 0.3 is 5.97 Å². The van der Waals surface area contributed by atoms with Crippen molar-refractivity contribution in [1.29, 1.82) is 0 Å². The predicted molar refractivity (Wildman–Crippen MR) is 122 cm³/mol. The van der Waals surface area contributed by atoms with Gasteiger partial charge in [0.25, 0.3) is 0 Å². The first-order valence-corrected chi connectivity index (χ1v) is 11.3. The lowest BCUT2D eigenvalue weighted by Gasteiger charge is -2.27. The topological polar surface area (TPSA) is 98.5 Å². The van der Waals surface area contributed by atoms with Crippen molar-refractivity contribution in [3.05, 3.63) is 41.9 Å². The minimum absolute atomic E-state index is 0.0220. The SMILES string of the molecule is CCCCNc1ncc2c(-c3ccc(C=O)cc3)nc(C3CCC(OC(C)=O)CC3)n2n1. The Balaban J connectivity index is 1.68. The van der Waals surface area contributed by atoms with Gasteiger partial charge in [0.2, 0.25) is 5.95 Å². The van der Waals surface area contributed by atoms with E-state index in [2.05, 4.69) is 17.2 Å². The van der Waals surface area contributed by atoms with Crippen molar-refractivity contribution in [2.75, 3.05) is 11.9 Å². The van der Waals surface area contributed by atoms with Crippen LogP contribution in [0.1, 0.15) is 74.5 Å². The van der Waals surface area contributed by atoms with Crippen LogP contribution in [0, 0.1) is 0 Å².